The topological polar surface area (TPSA) is 29.5 Å². The average molecular weight is 358 g/mol. The number of amides is 1. The van der Waals surface area contributed by atoms with Crippen LogP contribution in [0.1, 0.15) is 36.5 Å². The van der Waals surface area contributed by atoms with E-state index in [0.717, 1.165) is 36.9 Å². The van der Waals surface area contributed by atoms with Crippen LogP contribution in [0, 0.1) is 0 Å². The van der Waals surface area contributed by atoms with Gasteiger partial charge in [-0.15, -0.1) is 12.6 Å². The first-order valence-electron chi connectivity index (χ1n) is 7.01. The lowest BCUT2D eigenvalue weighted by molar-refractivity contribution is 0.00200. The van der Waals surface area contributed by atoms with E-state index in [1.165, 1.54) is 0 Å². The molecule has 1 fully saturated rings. The van der Waals surface area contributed by atoms with Crippen molar-refractivity contribution in [2.24, 2.45) is 0 Å². The van der Waals surface area contributed by atoms with E-state index < -0.39 is 0 Å². The highest BCUT2D eigenvalue weighted by Crippen LogP contribution is 2.23. The molecular weight excluding hydrogens is 338 g/mol. The van der Waals surface area contributed by atoms with Crippen LogP contribution in [-0.4, -0.2) is 36.6 Å². The molecule has 1 atom stereocenters. The minimum Gasteiger partial charge on any atom is -0.376 e. The smallest absolute Gasteiger partial charge is 0.255 e. The normalized spacial score (nSPS) is 19.1. The lowest BCUT2D eigenvalue weighted by atomic mass is 10.1. The lowest BCUT2D eigenvalue weighted by Crippen LogP contribution is -2.43. The van der Waals surface area contributed by atoms with Crippen LogP contribution < -0.4 is 0 Å². The Bertz CT molecular complexity index is 481. The second-order valence-corrected chi connectivity index (χ2v) is 6.45. The van der Waals surface area contributed by atoms with Gasteiger partial charge in [0.05, 0.1) is 11.7 Å². The molecule has 1 saturated heterocycles. The van der Waals surface area contributed by atoms with Crippen LogP contribution >= 0.6 is 28.6 Å². The maximum Gasteiger partial charge on any atom is 0.255 e. The van der Waals surface area contributed by atoms with Gasteiger partial charge in [0, 0.05) is 29.1 Å². The Kier molecular flexibility index (Phi) is 5.93. The number of rotatable bonds is 4. The van der Waals surface area contributed by atoms with Gasteiger partial charge in [-0.1, -0.05) is 22.9 Å². The predicted molar refractivity (Wildman–Crippen MR) is 86.6 cm³/mol. The minimum atomic E-state index is 0.0484. The van der Waals surface area contributed by atoms with E-state index in [1.54, 1.807) is 0 Å². The number of hydrogen-bond acceptors (Lipinski definition) is 3. The molecule has 2 rings (SSSR count). The SMILES string of the molecule is CCCOC1CCCN(C(=O)c2ccc(Br)cc2S)C1. The van der Waals surface area contributed by atoms with E-state index in [4.69, 9.17) is 4.74 Å². The van der Waals surface area contributed by atoms with Crippen molar-refractivity contribution >= 4 is 34.5 Å². The third kappa shape index (κ3) is 3.99. The van der Waals surface area contributed by atoms with Crippen LogP contribution in [0.3, 0.4) is 0 Å². The van der Waals surface area contributed by atoms with Crippen molar-refractivity contribution in [2.45, 2.75) is 37.2 Å². The molecule has 0 bridgehead atoms. The Hall–Kier alpha value is -0.520. The Labute approximate surface area is 134 Å². The Morgan fingerprint density at radius 1 is 1.55 bits per heavy atom. The minimum absolute atomic E-state index is 0.0484. The summed E-state index contributed by atoms with van der Waals surface area (Å²) in [6.45, 7) is 4.35. The zero-order valence-corrected chi connectivity index (χ0v) is 14.1. The predicted octanol–water partition coefficient (Wildman–Crippen LogP) is 3.77. The first kappa shape index (κ1) is 15.9. The number of carbonyl (C=O) groups is 1. The van der Waals surface area contributed by atoms with Crippen LogP contribution in [-0.2, 0) is 4.74 Å². The fourth-order valence-corrected chi connectivity index (χ4v) is 3.25. The van der Waals surface area contributed by atoms with Crippen LogP contribution in [0.4, 0.5) is 0 Å². The lowest BCUT2D eigenvalue weighted by Gasteiger charge is -2.33. The summed E-state index contributed by atoms with van der Waals surface area (Å²) in [6, 6.07) is 5.55. The van der Waals surface area contributed by atoms with Gasteiger partial charge in [0.1, 0.15) is 0 Å². The number of hydrogen-bond donors (Lipinski definition) is 1. The summed E-state index contributed by atoms with van der Waals surface area (Å²) < 4.78 is 6.71. The van der Waals surface area contributed by atoms with Crippen molar-refractivity contribution in [3.63, 3.8) is 0 Å². The van der Waals surface area contributed by atoms with Gasteiger partial charge in [-0.25, -0.2) is 0 Å². The average Bonchev–Trinajstić information content (AvgIpc) is 2.45. The number of piperidine rings is 1. The number of carbonyl (C=O) groups excluding carboxylic acids is 1. The maximum atomic E-state index is 12.6. The highest BCUT2D eigenvalue weighted by Gasteiger charge is 2.25. The first-order chi connectivity index (χ1) is 9.61. The number of likely N-dealkylation sites (tertiary alicyclic amines) is 1. The zero-order valence-electron chi connectivity index (χ0n) is 11.6. The Morgan fingerprint density at radius 3 is 3.05 bits per heavy atom. The second kappa shape index (κ2) is 7.48. The van der Waals surface area contributed by atoms with Crippen molar-refractivity contribution in [2.75, 3.05) is 19.7 Å². The highest BCUT2D eigenvalue weighted by atomic mass is 79.9. The van der Waals surface area contributed by atoms with Gasteiger partial charge in [0.15, 0.2) is 0 Å². The van der Waals surface area contributed by atoms with Crippen molar-refractivity contribution < 1.29 is 9.53 Å². The zero-order chi connectivity index (χ0) is 14.5. The van der Waals surface area contributed by atoms with Crippen LogP contribution in [0.15, 0.2) is 27.6 Å². The molecule has 0 spiro atoms. The number of benzene rings is 1. The molecule has 5 heteroatoms. The van der Waals surface area contributed by atoms with E-state index in [2.05, 4.69) is 35.5 Å². The fraction of sp³-hybridized carbons (Fsp3) is 0.533. The van der Waals surface area contributed by atoms with Crippen molar-refractivity contribution in [3.8, 4) is 0 Å². The molecule has 0 saturated carbocycles. The molecule has 1 aromatic carbocycles. The van der Waals surface area contributed by atoms with Crippen LogP contribution in [0.5, 0.6) is 0 Å². The summed E-state index contributed by atoms with van der Waals surface area (Å²) >= 11 is 7.78. The summed E-state index contributed by atoms with van der Waals surface area (Å²) in [5.41, 5.74) is 0.660. The molecule has 110 valence electrons. The molecular formula is C15H20BrNO2S. The van der Waals surface area contributed by atoms with E-state index >= 15 is 0 Å². The van der Waals surface area contributed by atoms with Gasteiger partial charge in [0.25, 0.3) is 5.91 Å². The largest absolute Gasteiger partial charge is 0.376 e. The number of thiol groups is 1. The number of halogens is 1. The van der Waals surface area contributed by atoms with Gasteiger partial charge in [-0.3, -0.25) is 4.79 Å². The van der Waals surface area contributed by atoms with Gasteiger partial charge in [-0.2, -0.15) is 0 Å². The monoisotopic (exact) mass is 357 g/mol. The Balaban J connectivity index is 2.04. The molecule has 20 heavy (non-hydrogen) atoms. The summed E-state index contributed by atoms with van der Waals surface area (Å²) in [7, 11) is 0. The molecule has 1 unspecified atom stereocenters. The van der Waals surface area contributed by atoms with Gasteiger partial charge in [-0.05, 0) is 37.5 Å². The summed E-state index contributed by atoms with van der Waals surface area (Å²) in [5.74, 6) is 0.0484. The van der Waals surface area contributed by atoms with Crippen molar-refractivity contribution in [1.29, 1.82) is 0 Å². The first-order valence-corrected chi connectivity index (χ1v) is 8.25. The van der Waals surface area contributed by atoms with E-state index in [1.807, 2.05) is 23.1 Å². The molecule has 0 N–H and O–H groups in total. The van der Waals surface area contributed by atoms with Crippen molar-refractivity contribution in [3.05, 3.63) is 28.2 Å². The summed E-state index contributed by atoms with van der Waals surface area (Å²) in [5, 5.41) is 0. The van der Waals surface area contributed by atoms with Crippen LogP contribution in [0.2, 0.25) is 0 Å². The Morgan fingerprint density at radius 2 is 2.35 bits per heavy atom. The molecule has 0 radical (unpaired) electrons. The summed E-state index contributed by atoms with van der Waals surface area (Å²) in [6.07, 6.45) is 3.22. The quantitative estimate of drug-likeness (QED) is 0.831. The van der Waals surface area contributed by atoms with Gasteiger partial charge >= 0.3 is 0 Å². The summed E-state index contributed by atoms with van der Waals surface area (Å²) in [4.78, 5) is 15.1. The molecule has 1 aliphatic rings. The molecule has 1 aliphatic heterocycles. The van der Waals surface area contributed by atoms with Crippen molar-refractivity contribution in [1.82, 2.24) is 4.90 Å². The van der Waals surface area contributed by atoms with Gasteiger partial charge in [0.2, 0.25) is 0 Å². The number of nitrogens with zero attached hydrogens (tertiary/aromatic N) is 1. The number of ether oxygens (including phenoxy) is 1. The molecule has 0 aliphatic carbocycles. The third-order valence-electron chi connectivity index (χ3n) is 3.41. The third-order valence-corrected chi connectivity index (χ3v) is 4.28. The molecule has 1 aromatic rings. The molecule has 1 amide bonds. The fourth-order valence-electron chi connectivity index (χ4n) is 2.40. The van der Waals surface area contributed by atoms with E-state index in [-0.39, 0.29) is 12.0 Å². The maximum absolute atomic E-state index is 12.6. The molecule has 3 nitrogen and oxygen atoms in total. The molecule has 0 aromatic heterocycles. The van der Waals surface area contributed by atoms with E-state index in [9.17, 15) is 4.79 Å². The standard InChI is InChI=1S/C15H20BrNO2S/c1-2-8-19-12-4-3-7-17(10-12)15(18)13-6-5-11(16)9-14(13)20/h5-6,9,12,20H,2-4,7-8,10H2,1H3. The molecule has 1 heterocycles. The highest BCUT2D eigenvalue weighted by molar-refractivity contribution is 9.10. The van der Waals surface area contributed by atoms with Gasteiger partial charge < -0.3 is 9.64 Å². The second-order valence-electron chi connectivity index (χ2n) is 5.05. The van der Waals surface area contributed by atoms with E-state index in [0.29, 0.717) is 17.0 Å². The van der Waals surface area contributed by atoms with Crippen LogP contribution in [0.25, 0.3) is 0 Å².